The van der Waals surface area contributed by atoms with Crippen LogP contribution >= 0.6 is 0 Å². The molecule has 132 valence electrons. The highest BCUT2D eigenvalue weighted by Crippen LogP contribution is 2.21. The molecule has 0 aliphatic carbocycles. The van der Waals surface area contributed by atoms with E-state index in [9.17, 15) is 14.7 Å². The Morgan fingerprint density at radius 3 is 2.44 bits per heavy atom. The van der Waals surface area contributed by atoms with Crippen molar-refractivity contribution < 1.29 is 19.4 Å². The van der Waals surface area contributed by atoms with Crippen molar-refractivity contribution in [3.05, 3.63) is 59.2 Å². The molecule has 0 saturated carbocycles. The molecule has 0 aromatic heterocycles. The van der Waals surface area contributed by atoms with Crippen molar-refractivity contribution >= 4 is 11.8 Å². The van der Waals surface area contributed by atoms with Crippen molar-refractivity contribution in [3.8, 4) is 11.5 Å². The SMILES string of the molecule is Cc1cccc(OC(C)C(=O)NNC(=O)Cc2ccc(O)cc2)c1C. The first kappa shape index (κ1) is 18.3. The smallest absolute Gasteiger partial charge is 0.279 e. The van der Waals surface area contributed by atoms with Gasteiger partial charge in [-0.15, -0.1) is 0 Å². The summed E-state index contributed by atoms with van der Waals surface area (Å²) in [7, 11) is 0. The number of hydrogen-bond acceptors (Lipinski definition) is 4. The van der Waals surface area contributed by atoms with Crippen molar-refractivity contribution in [1.29, 1.82) is 0 Å². The maximum atomic E-state index is 12.1. The first-order valence-corrected chi connectivity index (χ1v) is 7.96. The zero-order chi connectivity index (χ0) is 18.4. The Kier molecular flexibility index (Phi) is 6.00. The molecular formula is C19H22N2O4. The highest BCUT2D eigenvalue weighted by molar-refractivity contribution is 5.85. The predicted octanol–water partition coefficient (Wildman–Crippen LogP) is 2.17. The summed E-state index contributed by atoms with van der Waals surface area (Å²) >= 11 is 0. The van der Waals surface area contributed by atoms with Crippen molar-refractivity contribution in [2.45, 2.75) is 33.3 Å². The lowest BCUT2D eigenvalue weighted by Crippen LogP contribution is -2.47. The summed E-state index contributed by atoms with van der Waals surface area (Å²) in [5.74, 6) is -0.0362. The summed E-state index contributed by atoms with van der Waals surface area (Å²) in [6, 6.07) is 11.9. The summed E-state index contributed by atoms with van der Waals surface area (Å²) in [4.78, 5) is 23.9. The minimum atomic E-state index is -0.755. The van der Waals surface area contributed by atoms with Gasteiger partial charge < -0.3 is 9.84 Å². The number of aromatic hydroxyl groups is 1. The van der Waals surface area contributed by atoms with E-state index in [1.54, 1.807) is 25.1 Å². The first-order chi connectivity index (χ1) is 11.9. The second-order valence-electron chi connectivity index (χ2n) is 5.84. The lowest BCUT2D eigenvalue weighted by Gasteiger charge is -2.17. The fourth-order valence-corrected chi connectivity index (χ4v) is 2.17. The molecule has 6 heteroatoms. The van der Waals surface area contributed by atoms with Crippen molar-refractivity contribution in [3.63, 3.8) is 0 Å². The standard InChI is InChI=1S/C19H22N2O4/c1-12-5-4-6-17(13(12)2)25-14(3)19(24)21-20-18(23)11-15-7-9-16(22)10-8-15/h4-10,14,22H,11H2,1-3H3,(H,20,23)(H,21,24). The Morgan fingerprint density at radius 1 is 1.08 bits per heavy atom. The molecule has 6 nitrogen and oxygen atoms in total. The van der Waals surface area contributed by atoms with Gasteiger partial charge in [0, 0.05) is 0 Å². The Hall–Kier alpha value is -3.02. The summed E-state index contributed by atoms with van der Waals surface area (Å²) in [6.07, 6.45) is -0.665. The highest BCUT2D eigenvalue weighted by Gasteiger charge is 2.16. The Morgan fingerprint density at radius 2 is 1.76 bits per heavy atom. The number of ether oxygens (including phenoxy) is 1. The maximum Gasteiger partial charge on any atom is 0.279 e. The minimum absolute atomic E-state index is 0.0901. The van der Waals surface area contributed by atoms with Gasteiger partial charge >= 0.3 is 0 Å². The van der Waals surface area contributed by atoms with Gasteiger partial charge in [0.2, 0.25) is 5.91 Å². The van der Waals surface area contributed by atoms with Crippen molar-refractivity contribution in [1.82, 2.24) is 10.9 Å². The lowest BCUT2D eigenvalue weighted by atomic mass is 10.1. The van der Waals surface area contributed by atoms with Crippen LogP contribution < -0.4 is 15.6 Å². The van der Waals surface area contributed by atoms with Gasteiger partial charge in [-0.3, -0.25) is 20.4 Å². The van der Waals surface area contributed by atoms with Gasteiger partial charge in [0.1, 0.15) is 11.5 Å². The summed E-state index contributed by atoms with van der Waals surface area (Å²) in [6.45, 7) is 5.51. The Labute approximate surface area is 146 Å². The molecule has 2 aromatic rings. The number of rotatable bonds is 5. The van der Waals surface area contributed by atoms with Crippen molar-refractivity contribution in [2.75, 3.05) is 0 Å². The topological polar surface area (TPSA) is 87.7 Å². The molecule has 0 bridgehead atoms. The van der Waals surface area contributed by atoms with Gasteiger partial charge in [0.25, 0.3) is 5.91 Å². The van der Waals surface area contributed by atoms with Gasteiger partial charge in [0.15, 0.2) is 6.10 Å². The number of phenols is 1. The van der Waals surface area contributed by atoms with E-state index >= 15 is 0 Å². The molecular weight excluding hydrogens is 320 g/mol. The van der Waals surface area contributed by atoms with Crippen LogP contribution in [0.3, 0.4) is 0 Å². The van der Waals surface area contributed by atoms with E-state index in [0.29, 0.717) is 5.75 Å². The van der Waals surface area contributed by atoms with Crippen LogP contribution in [-0.4, -0.2) is 23.0 Å². The van der Waals surface area contributed by atoms with Crippen LogP contribution in [-0.2, 0) is 16.0 Å². The molecule has 2 amide bonds. The summed E-state index contributed by atoms with van der Waals surface area (Å²) in [5.41, 5.74) is 7.49. The monoisotopic (exact) mass is 342 g/mol. The molecule has 1 atom stereocenters. The molecule has 0 radical (unpaired) electrons. The van der Waals surface area contributed by atoms with Crippen molar-refractivity contribution in [2.24, 2.45) is 0 Å². The van der Waals surface area contributed by atoms with Crippen LogP contribution in [0.5, 0.6) is 11.5 Å². The average Bonchev–Trinajstić information content (AvgIpc) is 2.58. The second-order valence-corrected chi connectivity index (χ2v) is 5.84. The quantitative estimate of drug-likeness (QED) is 0.727. The fourth-order valence-electron chi connectivity index (χ4n) is 2.17. The number of aryl methyl sites for hydroxylation is 1. The zero-order valence-corrected chi connectivity index (χ0v) is 14.5. The van der Waals surface area contributed by atoms with E-state index < -0.39 is 12.0 Å². The van der Waals surface area contributed by atoms with Crippen LogP contribution in [0.4, 0.5) is 0 Å². The lowest BCUT2D eigenvalue weighted by molar-refractivity contribution is -0.132. The third kappa shape index (κ3) is 5.24. The summed E-state index contributed by atoms with van der Waals surface area (Å²) < 4.78 is 5.66. The molecule has 0 aliphatic rings. The molecule has 0 heterocycles. The second kappa shape index (κ2) is 8.19. The first-order valence-electron chi connectivity index (χ1n) is 7.96. The molecule has 2 aromatic carbocycles. The molecule has 3 N–H and O–H groups in total. The van der Waals surface area contributed by atoms with Gasteiger partial charge in [-0.1, -0.05) is 24.3 Å². The van der Waals surface area contributed by atoms with Gasteiger partial charge in [-0.25, -0.2) is 0 Å². The number of carbonyl (C=O) groups is 2. The molecule has 0 spiro atoms. The molecule has 1 unspecified atom stereocenters. The molecule has 25 heavy (non-hydrogen) atoms. The predicted molar refractivity (Wildman–Crippen MR) is 94.1 cm³/mol. The number of hydrogen-bond donors (Lipinski definition) is 3. The number of hydrazine groups is 1. The van der Waals surface area contributed by atoms with E-state index in [4.69, 9.17) is 4.74 Å². The van der Waals surface area contributed by atoms with Crippen LogP contribution in [0.25, 0.3) is 0 Å². The van der Waals surface area contributed by atoms with Gasteiger partial charge in [-0.2, -0.15) is 0 Å². The van der Waals surface area contributed by atoms with E-state index in [0.717, 1.165) is 16.7 Å². The van der Waals surface area contributed by atoms with E-state index in [1.165, 1.54) is 12.1 Å². The third-order valence-corrected chi connectivity index (χ3v) is 3.85. The van der Waals surface area contributed by atoms with E-state index in [-0.39, 0.29) is 18.1 Å². The van der Waals surface area contributed by atoms with Crippen LogP contribution in [0.2, 0.25) is 0 Å². The molecule has 0 saturated heterocycles. The minimum Gasteiger partial charge on any atom is -0.508 e. The van der Waals surface area contributed by atoms with Gasteiger partial charge in [-0.05, 0) is 55.7 Å². The highest BCUT2D eigenvalue weighted by atomic mass is 16.5. The largest absolute Gasteiger partial charge is 0.508 e. The van der Waals surface area contributed by atoms with Crippen LogP contribution in [0.15, 0.2) is 42.5 Å². The van der Waals surface area contributed by atoms with E-state index in [2.05, 4.69) is 10.9 Å². The number of benzene rings is 2. The molecule has 2 rings (SSSR count). The summed E-state index contributed by atoms with van der Waals surface area (Å²) in [5, 5.41) is 9.21. The molecule has 0 aliphatic heterocycles. The Bertz CT molecular complexity index is 757. The maximum absolute atomic E-state index is 12.1. The zero-order valence-electron chi connectivity index (χ0n) is 14.5. The van der Waals surface area contributed by atoms with Crippen LogP contribution in [0, 0.1) is 13.8 Å². The van der Waals surface area contributed by atoms with Crippen LogP contribution in [0.1, 0.15) is 23.6 Å². The van der Waals surface area contributed by atoms with Gasteiger partial charge in [0.05, 0.1) is 6.42 Å². The fraction of sp³-hybridized carbons (Fsp3) is 0.263. The number of amides is 2. The number of phenolic OH excluding ortho intramolecular Hbond substituents is 1. The number of nitrogens with one attached hydrogen (secondary N) is 2. The normalized spacial score (nSPS) is 11.5. The molecule has 0 fully saturated rings. The average molecular weight is 342 g/mol. The Balaban J connectivity index is 1.83. The number of carbonyl (C=O) groups excluding carboxylic acids is 2. The third-order valence-electron chi connectivity index (χ3n) is 3.85. The van der Waals surface area contributed by atoms with E-state index in [1.807, 2.05) is 26.0 Å².